The van der Waals surface area contributed by atoms with Gasteiger partial charge >= 0.3 is 0 Å². The van der Waals surface area contributed by atoms with E-state index in [9.17, 15) is 4.39 Å². The quantitative estimate of drug-likeness (QED) is 0.878. The van der Waals surface area contributed by atoms with Gasteiger partial charge in [0.25, 0.3) is 0 Å². The summed E-state index contributed by atoms with van der Waals surface area (Å²) >= 11 is 0. The molecule has 96 valence electrons. The molecule has 1 fully saturated rings. The van der Waals surface area contributed by atoms with Crippen LogP contribution in [-0.4, -0.2) is 29.2 Å². The molecule has 5 heteroatoms. The summed E-state index contributed by atoms with van der Waals surface area (Å²) in [5.74, 6) is 0.944. The normalized spacial score (nSPS) is 21.3. The van der Waals surface area contributed by atoms with Crippen LogP contribution < -0.4 is 5.32 Å². The molecule has 1 saturated heterocycles. The van der Waals surface area contributed by atoms with E-state index in [1.165, 1.54) is 12.1 Å². The highest BCUT2D eigenvalue weighted by atomic mass is 19.1. The number of aromatic amines is 1. The molecule has 0 radical (unpaired) electrons. The first-order valence-corrected chi connectivity index (χ1v) is 6.22. The lowest BCUT2D eigenvalue weighted by Crippen LogP contribution is -2.26. The van der Waals surface area contributed by atoms with Gasteiger partial charge in [-0.15, -0.1) is 0 Å². The number of nitrogens with zero attached hydrogens (tertiary/aromatic N) is 1. The van der Waals surface area contributed by atoms with E-state index < -0.39 is 0 Å². The van der Waals surface area contributed by atoms with Crippen molar-refractivity contribution in [3.05, 3.63) is 24.0 Å². The lowest BCUT2D eigenvalue weighted by Gasteiger charge is -2.18. The molecule has 18 heavy (non-hydrogen) atoms. The van der Waals surface area contributed by atoms with Crippen molar-refractivity contribution in [1.29, 1.82) is 0 Å². The fourth-order valence-corrected chi connectivity index (χ4v) is 2.33. The summed E-state index contributed by atoms with van der Waals surface area (Å²) in [5, 5.41) is 3.32. The Labute approximate surface area is 105 Å². The van der Waals surface area contributed by atoms with Gasteiger partial charge in [-0.3, -0.25) is 0 Å². The summed E-state index contributed by atoms with van der Waals surface area (Å²) < 4.78 is 18.4. The summed E-state index contributed by atoms with van der Waals surface area (Å²) in [6, 6.07) is 4.84. The Kier molecular flexibility index (Phi) is 2.91. The van der Waals surface area contributed by atoms with Crippen molar-refractivity contribution in [3.63, 3.8) is 0 Å². The van der Waals surface area contributed by atoms with Crippen LogP contribution in [0.1, 0.15) is 13.3 Å². The van der Waals surface area contributed by atoms with Crippen LogP contribution in [0.3, 0.4) is 0 Å². The predicted molar refractivity (Wildman–Crippen MR) is 68.1 cm³/mol. The van der Waals surface area contributed by atoms with E-state index >= 15 is 0 Å². The number of imidazole rings is 1. The van der Waals surface area contributed by atoms with E-state index in [4.69, 9.17) is 4.74 Å². The van der Waals surface area contributed by atoms with Crippen LogP contribution in [0.15, 0.2) is 18.2 Å². The van der Waals surface area contributed by atoms with Gasteiger partial charge in [0.1, 0.15) is 5.82 Å². The first kappa shape index (κ1) is 11.5. The number of hydrogen-bond acceptors (Lipinski definition) is 3. The number of rotatable bonds is 3. The molecule has 0 amide bonds. The zero-order valence-corrected chi connectivity index (χ0v) is 10.2. The van der Waals surface area contributed by atoms with Crippen LogP contribution >= 0.6 is 0 Å². The fourth-order valence-electron chi connectivity index (χ4n) is 2.33. The number of aromatic nitrogens is 2. The second-order valence-electron chi connectivity index (χ2n) is 4.80. The number of H-pyrrole nitrogens is 1. The lowest BCUT2D eigenvalue weighted by molar-refractivity contribution is 0.183. The molecular weight excluding hydrogens is 233 g/mol. The summed E-state index contributed by atoms with van der Waals surface area (Å²) in [6.45, 7) is 3.75. The van der Waals surface area contributed by atoms with Gasteiger partial charge in [0.2, 0.25) is 5.95 Å². The van der Waals surface area contributed by atoms with Gasteiger partial charge in [-0.2, -0.15) is 0 Å². The zero-order valence-electron chi connectivity index (χ0n) is 10.2. The number of benzene rings is 1. The molecule has 2 heterocycles. The minimum atomic E-state index is -0.255. The Morgan fingerprint density at radius 2 is 2.44 bits per heavy atom. The van der Waals surface area contributed by atoms with Crippen LogP contribution in [0.25, 0.3) is 11.0 Å². The fraction of sp³-hybridized carbons (Fsp3) is 0.462. The van der Waals surface area contributed by atoms with Crippen molar-refractivity contribution < 1.29 is 9.13 Å². The molecule has 1 aliphatic heterocycles. The Morgan fingerprint density at radius 3 is 3.22 bits per heavy atom. The molecule has 1 aromatic carbocycles. The first-order valence-electron chi connectivity index (χ1n) is 6.22. The molecule has 1 aliphatic rings. The van der Waals surface area contributed by atoms with E-state index in [0.717, 1.165) is 25.2 Å². The van der Waals surface area contributed by atoms with Crippen LogP contribution in [0, 0.1) is 11.7 Å². The van der Waals surface area contributed by atoms with Gasteiger partial charge in [0.15, 0.2) is 0 Å². The molecule has 3 rings (SSSR count). The summed E-state index contributed by atoms with van der Waals surface area (Å²) in [5.41, 5.74) is 1.49. The standard InChI is InChI=1S/C13H16FN3O/c1-8(9-4-5-18-7-9)15-13-16-11-3-2-10(14)6-12(11)17-13/h2-3,6,8-9H,4-5,7H2,1H3,(H2,15,16,17). The third-order valence-electron chi connectivity index (χ3n) is 3.48. The number of halogens is 1. The second kappa shape index (κ2) is 4.57. The molecule has 4 nitrogen and oxygen atoms in total. The monoisotopic (exact) mass is 249 g/mol. The number of fused-ring (bicyclic) bond motifs is 1. The lowest BCUT2D eigenvalue weighted by atomic mass is 10.0. The highest BCUT2D eigenvalue weighted by Crippen LogP contribution is 2.21. The van der Waals surface area contributed by atoms with E-state index in [0.29, 0.717) is 17.4 Å². The highest BCUT2D eigenvalue weighted by molar-refractivity contribution is 5.77. The minimum absolute atomic E-state index is 0.255. The summed E-state index contributed by atoms with van der Waals surface area (Å²) in [7, 11) is 0. The first-order chi connectivity index (χ1) is 8.72. The SMILES string of the molecule is CC(Nc1nc2ccc(F)cc2[nH]1)C1CCOC1. The van der Waals surface area contributed by atoms with Crippen LogP contribution in [-0.2, 0) is 4.74 Å². The largest absolute Gasteiger partial charge is 0.381 e. The topological polar surface area (TPSA) is 49.9 Å². The second-order valence-corrected chi connectivity index (χ2v) is 4.80. The molecule has 0 saturated carbocycles. The molecule has 0 spiro atoms. The Bertz CT molecular complexity index is 548. The zero-order chi connectivity index (χ0) is 12.5. The molecule has 1 aromatic heterocycles. The van der Waals surface area contributed by atoms with Gasteiger partial charge in [-0.1, -0.05) is 0 Å². The molecule has 0 aliphatic carbocycles. The molecule has 2 N–H and O–H groups in total. The van der Waals surface area contributed by atoms with Crippen LogP contribution in [0.2, 0.25) is 0 Å². The van der Waals surface area contributed by atoms with Crippen molar-refractivity contribution in [2.45, 2.75) is 19.4 Å². The van der Waals surface area contributed by atoms with E-state index in [2.05, 4.69) is 22.2 Å². The average Bonchev–Trinajstić information content (AvgIpc) is 2.95. The predicted octanol–water partition coefficient (Wildman–Crippen LogP) is 2.54. The summed E-state index contributed by atoms with van der Waals surface area (Å²) in [6.07, 6.45) is 1.07. The summed E-state index contributed by atoms with van der Waals surface area (Å²) in [4.78, 5) is 7.48. The van der Waals surface area contributed by atoms with Gasteiger partial charge in [0, 0.05) is 18.6 Å². The molecule has 0 bridgehead atoms. The minimum Gasteiger partial charge on any atom is -0.381 e. The third-order valence-corrected chi connectivity index (χ3v) is 3.48. The number of anilines is 1. The maximum Gasteiger partial charge on any atom is 0.201 e. The maximum absolute atomic E-state index is 13.1. The van der Waals surface area contributed by atoms with Crippen molar-refractivity contribution in [1.82, 2.24) is 9.97 Å². The maximum atomic E-state index is 13.1. The number of ether oxygens (including phenoxy) is 1. The third kappa shape index (κ3) is 2.18. The van der Waals surface area contributed by atoms with Gasteiger partial charge < -0.3 is 15.0 Å². The molecular formula is C13H16FN3O. The Balaban J connectivity index is 1.77. The molecule has 2 unspecified atom stereocenters. The molecule has 2 atom stereocenters. The van der Waals surface area contributed by atoms with Crippen molar-refractivity contribution in [3.8, 4) is 0 Å². The smallest absolute Gasteiger partial charge is 0.201 e. The molecule has 2 aromatic rings. The van der Waals surface area contributed by atoms with Crippen LogP contribution in [0.4, 0.5) is 10.3 Å². The van der Waals surface area contributed by atoms with E-state index in [-0.39, 0.29) is 11.9 Å². The van der Waals surface area contributed by atoms with Gasteiger partial charge in [-0.25, -0.2) is 9.37 Å². The van der Waals surface area contributed by atoms with E-state index in [1.807, 2.05) is 0 Å². The van der Waals surface area contributed by atoms with Crippen LogP contribution in [0.5, 0.6) is 0 Å². The van der Waals surface area contributed by atoms with Gasteiger partial charge in [-0.05, 0) is 31.5 Å². The van der Waals surface area contributed by atoms with E-state index in [1.54, 1.807) is 6.07 Å². The number of nitrogens with one attached hydrogen (secondary N) is 2. The van der Waals surface area contributed by atoms with Crippen molar-refractivity contribution in [2.75, 3.05) is 18.5 Å². The highest BCUT2D eigenvalue weighted by Gasteiger charge is 2.22. The van der Waals surface area contributed by atoms with Gasteiger partial charge in [0.05, 0.1) is 17.6 Å². The van der Waals surface area contributed by atoms with Crippen molar-refractivity contribution >= 4 is 17.0 Å². The average molecular weight is 249 g/mol. The Hall–Kier alpha value is -1.62. The number of hydrogen-bond donors (Lipinski definition) is 2. The Morgan fingerprint density at radius 1 is 1.56 bits per heavy atom. The van der Waals surface area contributed by atoms with Crippen molar-refractivity contribution in [2.24, 2.45) is 5.92 Å².